The van der Waals surface area contributed by atoms with E-state index in [1.807, 2.05) is 0 Å². The van der Waals surface area contributed by atoms with E-state index in [0.29, 0.717) is 13.1 Å². The predicted octanol–water partition coefficient (Wildman–Crippen LogP) is 1.16. The van der Waals surface area contributed by atoms with Crippen LogP contribution in [0.15, 0.2) is 24.3 Å². The summed E-state index contributed by atoms with van der Waals surface area (Å²) >= 11 is 0. The number of hydrogen-bond donors (Lipinski definition) is 2. The van der Waals surface area contributed by atoms with Crippen molar-refractivity contribution in [2.45, 2.75) is 6.04 Å². The Morgan fingerprint density at radius 2 is 2.07 bits per heavy atom. The van der Waals surface area contributed by atoms with Gasteiger partial charge in [-0.3, -0.25) is 0 Å². The first-order chi connectivity index (χ1) is 6.77. The second kappa shape index (κ2) is 4.04. The second-order valence-electron chi connectivity index (χ2n) is 3.43. The van der Waals surface area contributed by atoms with Crippen LogP contribution in [0.5, 0.6) is 0 Å². The topological polar surface area (TPSA) is 35.5 Å². The van der Waals surface area contributed by atoms with Crippen LogP contribution in [-0.4, -0.2) is 29.9 Å². The Balaban J connectivity index is 2.16. The van der Waals surface area contributed by atoms with E-state index in [0.717, 1.165) is 12.1 Å². The number of nitrogens with zero attached hydrogens (tertiary/aromatic N) is 1. The molecule has 0 amide bonds. The lowest BCUT2D eigenvalue weighted by molar-refractivity contribution is -0.137. The summed E-state index contributed by atoms with van der Waals surface area (Å²) in [6.07, 6.45) is 0. The zero-order valence-corrected chi connectivity index (χ0v) is 7.78. The van der Waals surface area contributed by atoms with Crippen molar-refractivity contribution in [1.29, 1.82) is 0 Å². The standard InChI is InChI=1S/C10H13FN2O/c11-9-3-1-8(2-4-9)10-7-12-5-6-13(10)14/h1-4,10,12,14H,5-7H2. The Hall–Kier alpha value is -0.970. The van der Waals surface area contributed by atoms with E-state index in [1.165, 1.54) is 17.2 Å². The molecule has 0 aromatic heterocycles. The molecule has 1 aromatic rings. The molecule has 0 aliphatic carbocycles. The van der Waals surface area contributed by atoms with Crippen molar-refractivity contribution in [3.05, 3.63) is 35.6 Å². The van der Waals surface area contributed by atoms with E-state index < -0.39 is 0 Å². The third kappa shape index (κ3) is 1.92. The van der Waals surface area contributed by atoms with Gasteiger partial charge < -0.3 is 10.5 Å². The number of hydroxylamine groups is 2. The fraction of sp³-hybridized carbons (Fsp3) is 0.400. The minimum absolute atomic E-state index is 0.0654. The summed E-state index contributed by atoms with van der Waals surface area (Å²) in [4.78, 5) is 0. The fourth-order valence-corrected chi connectivity index (χ4v) is 1.67. The van der Waals surface area contributed by atoms with Gasteiger partial charge in [0.15, 0.2) is 0 Å². The van der Waals surface area contributed by atoms with Crippen LogP contribution in [0.25, 0.3) is 0 Å². The monoisotopic (exact) mass is 196 g/mol. The summed E-state index contributed by atoms with van der Waals surface area (Å²) in [5.74, 6) is -0.248. The summed E-state index contributed by atoms with van der Waals surface area (Å²) in [5, 5.41) is 14.1. The van der Waals surface area contributed by atoms with Gasteiger partial charge in [0.05, 0.1) is 6.04 Å². The molecule has 1 aromatic carbocycles. The molecular formula is C10H13FN2O. The van der Waals surface area contributed by atoms with E-state index in [1.54, 1.807) is 12.1 Å². The lowest BCUT2D eigenvalue weighted by Gasteiger charge is -2.31. The molecule has 76 valence electrons. The van der Waals surface area contributed by atoms with Crippen LogP contribution in [0.3, 0.4) is 0 Å². The summed E-state index contributed by atoms with van der Waals surface area (Å²) in [6.45, 7) is 2.08. The molecular weight excluding hydrogens is 183 g/mol. The first-order valence-electron chi connectivity index (χ1n) is 4.69. The highest BCUT2D eigenvalue weighted by atomic mass is 19.1. The maximum absolute atomic E-state index is 12.7. The van der Waals surface area contributed by atoms with E-state index in [4.69, 9.17) is 0 Å². The summed E-state index contributed by atoms with van der Waals surface area (Å²) in [7, 11) is 0. The number of piperazine rings is 1. The molecule has 0 saturated carbocycles. The van der Waals surface area contributed by atoms with Crippen LogP contribution >= 0.6 is 0 Å². The smallest absolute Gasteiger partial charge is 0.123 e. The van der Waals surface area contributed by atoms with Gasteiger partial charge >= 0.3 is 0 Å². The Morgan fingerprint density at radius 1 is 1.36 bits per heavy atom. The Kier molecular flexibility index (Phi) is 2.77. The van der Waals surface area contributed by atoms with Crippen molar-refractivity contribution < 1.29 is 9.60 Å². The van der Waals surface area contributed by atoms with Crippen molar-refractivity contribution >= 4 is 0 Å². The SMILES string of the molecule is ON1CCNCC1c1ccc(F)cc1. The molecule has 1 heterocycles. The molecule has 1 fully saturated rings. The Morgan fingerprint density at radius 3 is 2.71 bits per heavy atom. The Labute approximate surface area is 82.1 Å². The van der Waals surface area contributed by atoms with Crippen molar-refractivity contribution in [2.24, 2.45) is 0 Å². The van der Waals surface area contributed by atoms with Crippen molar-refractivity contribution in [2.75, 3.05) is 19.6 Å². The minimum atomic E-state index is -0.248. The lowest BCUT2D eigenvalue weighted by atomic mass is 10.1. The summed E-state index contributed by atoms with van der Waals surface area (Å²) in [6, 6.07) is 6.17. The van der Waals surface area contributed by atoms with Crippen LogP contribution in [0.1, 0.15) is 11.6 Å². The van der Waals surface area contributed by atoms with Crippen LogP contribution in [-0.2, 0) is 0 Å². The first-order valence-corrected chi connectivity index (χ1v) is 4.69. The van der Waals surface area contributed by atoms with Gasteiger partial charge in [0.25, 0.3) is 0 Å². The van der Waals surface area contributed by atoms with Crippen LogP contribution in [0.2, 0.25) is 0 Å². The number of benzene rings is 1. The molecule has 1 unspecified atom stereocenters. The van der Waals surface area contributed by atoms with Gasteiger partial charge in [0.1, 0.15) is 5.82 Å². The van der Waals surface area contributed by atoms with Gasteiger partial charge in [0.2, 0.25) is 0 Å². The van der Waals surface area contributed by atoms with Crippen LogP contribution in [0, 0.1) is 5.82 Å². The van der Waals surface area contributed by atoms with Gasteiger partial charge in [0, 0.05) is 19.6 Å². The molecule has 0 radical (unpaired) electrons. The molecule has 14 heavy (non-hydrogen) atoms. The van der Waals surface area contributed by atoms with E-state index in [9.17, 15) is 9.60 Å². The minimum Gasteiger partial charge on any atom is -0.313 e. The number of hydrogen-bond acceptors (Lipinski definition) is 3. The molecule has 1 aliphatic rings. The summed E-state index contributed by atoms with van der Waals surface area (Å²) in [5.41, 5.74) is 0.932. The van der Waals surface area contributed by atoms with Crippen LogP contribution < -0.4 is 5.32 Å². The van der Waals surface area contributed by atoms with E-state index >= 15 is 0 Å². The van der Waals surface area contributed by atoms with E-state index in [2.05, 4.69) is 5.32 Å². The molecule has 4 heteroatoms. The van der Waals surface area contributed by atoms with Crippen LogP contribution in [0.4, 0.5) is 4.39 Å². The molecule has 0 spiro atoms. The molecule has 1 saturated heterocycles. The zero-order chi connectivity index (χ0) is 9.97. The molecule has 2 N–H and O–H groups in total. The average Bonchev–Trinajstić information content (AvgIpc) is 2.20. The van der Waals surface area contributed by atoms with Crippen molar-refractivity contribution in [1.82, 2.24) is 10.4 Å². The maximum Gasteiger partial charge on any atom is 0.123 e. The third-order valence-corrected chi connectivity index (χ3v) is 2.47. The summed E-state index contributed by atoms with van der Waals surface area (Å²) < 4.78 is 12.7. The highest BCUT2D eigenvalue weighted by Crippen LogP contribution is 2.20. The second-order valence-corrected chi connectivity index (χ2v) is 3.43. The predicted molar refractivity (Wildman–Crippen MR) is 50.5 cm³/mol. The average molecular weight is 196 g/mol. The van der Waals surface area contributed by atoms with Gasteiger partial charge in [-0.25, -0.2) is 4.39 Å². The fourth-order valence-electron chi connectivity index (χ4n) is 1.67. The molecule has 2 rings (SSSR count). The molecule has 3 nitrogen and oxygen atoms in total. The molecule has 1 aliphatic heterocycles. The van der Waals surface area contributed by atoms with Crippen molar-refractivity contribution in [3.63, 3.8) is 0 Å². The van der Waals surface area contributed by atoms with Gasteiger partial charge in [-0.2, -0.15) is 5.06 Å². The molecule has 0 bridgehead atoms. The largest absolute Gasteiger partial charge is 0.313 e. The number of nitrogens with one attached hydrogen (secondary N) is 1. The number of halogens is 1. The highest BCUT2D eigenvalue weighted by molar-refractivity contribution is 5.20. The lowest BCUT2D eigenvalue weighted by Crippen LogP contribution is -2.44. The van der Waals surface area contributed by atoms with Gasteiger partial charge in [-0.15, -0.1) is 0 Å². The van der Waals surface area contributed by atoms with Gasteiger partial charge in [-0.1, -0.05) is 12.1 Å². The normalized spacial score (nSPS) is 23.7. The Bertz CT molecular complexity index is 301. The number of rotatable bonds is 1. The maximum atomic E-state index is 12.7. The van der Waals surface area contributed by atoms with E-state index in [-0.39, 0.29) is 11.9 Å². The zero-order valence-electron chi connectivity index (χ0n) is 7.78. The molecule has 1 atom stereocenters. The third-order valence-electron chi connectivity index (χ3n) is 2.47. The first kappa shape index (κ1) is 9.58. The quantitative estimate of drug-likeness (QED) is 0.707. The highest BCUT2D eigenvalue weighted by Gasteiger charge is 2.21. The van der Waals surface area contributed by atoms with Crippen molar-refractivity contribution in [3.8, 4) is 0 Å². The van der Waals surface area contributed by atoms with Gasteiger partial charge in [-0.05, 0) is 17.7 Å².